The smallest absolute Gasteiger partial charge is 0.268 e. The van der Waals surface area contributed by atoms with Crippen molar-refractivity contribution >= 4 is 27.2 Å². The van der Waals surface area contributed by atoms with Crippen LogP contribution in [0.2, 0.25) is 0 Å². The van der Waals surface area contributed by atoms with Gasteiger partial charge in [-0.05, 0) is 31.2 Å². The molecule has 0 spiro atoms. The molecule has 2 aromatic carbocycles. The second-order valence-corrected chi connectivity index (χ2v) is 6.65. The van der Waals surface area contributed by atoms with Gasteiger partial charge in [-0.2, -0.15) is 0 Å². The van der Waals surface area contributed by atoms with Gasteiger partial charge in [-0.1, -0.05) is 29.8 Å². The van der Waals surface area contributed by atoms with Crippen LogP contribution in [0.25, 0.3) is 10.9 Å². The van der Waals surface area contributed by atoms with Crippen molar-refractivity contribution in [1.82, 2.24) is 3.97 Å². The molecule has 0 unspecified atom stereocenters. The summed E-state index contributed by atoms with van der Waals surface area (Å²) in [5, 5.41) is 0.718. The third-order valence-corrected chi connectivity index (χ3v) is 5.10. The Kier molecular flexibility index (Phi) is 3.14. The molecule has 0 aliphatic rings. The first-order valence-corrected chi connectivity index (χ1v) is 7.85. The molecule has 0 amide bonds. The van der Waals surface area contributed by atoms with Crippen molar-refractivity contribution in [2.75, 3.05) is 0 Å². The lowest BCUT2D eigenvalue weighted by atomic mass is 10.2. The van der Waals surface area contributed by atoms with Crippen LogP contribution < -0.4 is 0 Å². The fourth-order valence-electron chi connectivity index (χ4n) is 2.31. The second-order valence-electron chi connectivity index (χ2n) is 4.83. The molecule has 0 bridgehead atoms. The van der Waals surface area contributed by atoms with Gasteiger partial charge in [-0.25, -0.2) is 12.4 Å². The highest BCUT2D eigenvalue weighted by molar-refractivity contribution is 7.90. The number of aldehydes is 1. The van der Waals surface area contributed by atoms with Crippen molar-refractivity contribution in [2.24, 2.45) is 0 Å². The molecule has 21 heavy (non-hydrogen) atoms. The Hall–Kier alpha value is -2.40. The van der Waals surface area contributed by atoms with E-state index in [0.717, 1.165) is 14.9 Å². The first kappa shape index (κ1) is 13.6. The highest BCUT2D eigenvalue weighted by atomic mass is 32.2. The SMILES string of the molecule is Cc1ccc(S(=O)(=O)n2ccc3cccc(C=O)c32)cc1. The van der Waals surface area contributed by atoms with E-state index in [4.69, 9.17) is 0 Å². The maximum Gasteiger partial charge on any atom is 0.268 e. The molecule has 0 saturated heterocycles. The largest absolute Gasteiger partial charge is 0.298 e. The van der Waals surface area contributed by atoms with E-state index in [1.165, 1.54) is 6.20 Å². The van der Waals surface area contributed by atoms with Crippen LogP contribution in [0.5, 0.6) is 0 Å². The highest BCUT2D eigenvalue weighted by Crippen LogP contribution is 2.24. The Morgan fingerprint density at radius 2 is 1.71 bits per heavy atom. The minimum Gasteiger partial charge on any atom is -0.298 e. The second kappa shape index (κ2) is 4.86. The average molecular weight is 299 g/mol. The maximum atomic E-state index is 12.7. The van der Waals surface area contributed by atoms with Crippen molar-refractivity contribution in [2.45, 2.75) is 11.8 Å². The van der Waals surface area contributed by atoms with E-state index >= 15 is 0 Å². The number of carbonyl (C=O) groups excluding carboxylic acids is 1. The lowest BCUT2D eigenvalue weighted by molar-refractivity contribution is 0.112. The van der Waals surface area contributed by atoms with Crippen LogP contribution in [-0.2, 0) is 10.0 Å². The zero-order valence-electron chi connectivity index (χ0n) is 11.4. The van der Waals surface area contributed by atoms with Crippen LogP contribution in [0, 0.1) is 6.92 Å². The standard InChI is InChI=1S/C16H13NO3S/c1-12-5-7-15(8-6-12)21(19,20)17-10-9-13-3-2-4-14(11-18)16(13)17/h2-11H,1H3. The van der Waals surface area contributed by atoms with Crippen molar-refractivity contribution in [3.05, 3.63) is 65.9 Å². The molecule has 0 fully saturated rings. The molecule has 1 aromatic heterocycles. The number of aromatic nitrogens is 1. The summed E-state index contributed by atoms with van der Waals surface area (Å²) < 4.78 is 26.6. The van der Waals surface area contributed by atoms with Crippen LogP contribution in [-0.4, -0.2) is 18.7 Å². The number of benzene rings is 2. The molecular formula is C16H13NO3S. The Morgan fingerprint density at radius 1 is 1.00 bits per heavy atom. The van der Waals surface area contributed by atoms with Gasteiger partial charge in [0.1, 0.15) is 0 Å². The molecule has 4 nitrogen and oxygen atoms in total. The number of fused-ring (bicyclic) bond motifs is 1. The van der Waals surface area contributed by atoms with E-state index in [1.807, 2.05) is 6.92 Å². The third-order valence-electron chi connectivity index (χ3n) is 3.41. The monoisotopic (exact) mass is 299 g/mol. The predicted molar refractivity (Wildman–Crippen MR) is 81.1 cm³/mol. The number of carbonyl (C=O) groups is 1. The van der Waals surface area contributed by atoms with Gasteiger partial charge < -0.3 is 0 Å². The predicted octanol–water partition coefficient (Wildman–Crippen LogP) is 3.00. The van der Waals surface area contributed by atoms with Gasteiger partial charge in [-0.3, -0.25) is 4.79 Å². The molecular weight excluding hydrogens is 286 g/mol. The molecule has 106 valence electrons. The summed E-state index contributed by atoms with van der Waals surface area (Å²) in [4.78, 5) is 11.4. The fourth-order valence-corrected chi connectivity index (χ4v) is 3.69. The van der Waals surface area contributed by atoms with Crippen LogP contribution in [0.15, 0.2) is 59.6 Å². The molecule has 5 heteroatoms. The molecule has 3 aromatic rings. The Labute approximate surface area is 122 Å². The van der Waals surface area contributed by atoms with E-state index in [1.54, 1.807) is 48.5 Å². The number of nitrogens with zero attached hydrogens (tertiary/aromatic N) is 1. The van der Waals surface area contributed by atoms with Crippen molar-refractivity contribution in [3.63, 3.8) is 0 Å². The first-order valence-electron chi connectivity index (χ1n) is 6.41. The van der Waals surface area contributed by atoms with Crippen LogP contribution in [0.1, 0.15) is 15.9 Å². The van der Waals surface area contributed by atoms with E-state index in [-0.39, 0.29) is 4.90 Å². The number of aryl methyl sites for hydroxylation is 1. The lowest BCUT2D eigenvalue weighted by Crippen LogP contribution is -2.12. The summed E-state index contributed by atoms with van der Waals surface area (Å²) in [7, 11) is -3.71. The topological polar surface area (TPSA) is 56.1 Å². The first-order chi connectivity index (χ1) is 10.0. The molecule has 0 N–H and O–H groups in total. The number of rotatable bonds is 3. The van der Waals surface area contributed by atoms with E-state index < -0.39 is 10.0 Å². The van der Waals surface area contributed by atoms with E-state index in [0.29, 0.717) is 17.4 Å². The average Bonchev–Trinajstić information content (AvgIpc) is 2.92. The quantitative estimate of drug-likeness (QED) is 0.699. The van der Waals surface area contributed by atoms with Gasteiger partial charge >= 0.3 is 0 Å². The Balaban J connectivity index is 2.29. The minimum absolute atomic E-state index is 0.200. The molecule has 0 saturated carbocycles. The summed E-state index contributed by atoms with van der Waals surface area (Å²) in [5.41, 5.74) is 1.75. The molecule has 1 heterocycles. The third kappa shape index (κ3) is 2.15. The fraction of sp³-hybridized carbons (Fsp3) is 0.0625. The summed E-state index contributed by atoms with van der Waals surface area (Å²) >= 11 is 0. The molecule has 0 radical (unpaired) electrons. The van der Waals surface area contributed by atoms with Gasteiger partial charge in [0.25, 0.3) is 10.0 Å². The summed E-state index contributed by atoms with van der Waals surface area (Å²) in [6, 6.07) is 13.4. The zero-order chi connectivity index (χ0) is 15.0. The molecule has 0 aliphatic carbocycles. The number of hydrogen-bond donors (Lipinski definition) is 0. The van der Waals surface area contributed by atoms with Gasteiger partial charge in [0, 0.05) is 17.1 Å². The van der Waals surface area contributed by atoms with Gasteiger partial charge in [0.05, 0.1) is 10.4 Å². The Bertz CT molecular complexity index is 922. The Morgan fingerprint density at radius 3 is 2.38 bits per heavy atom. The zero-order valence-corrected chi connectivity index (χ0v) is 12.2. The highest BCUT2D eigenvalue weighted by Gasteiger charge is 2.20. The van der Waals surface area contributed by atoms with Gasteiger partial charge in [0.15, 0.2) is 6.29 Å². The lowest BCUT2D eigenvalue weighted by Gasteiger charge is -2.09. The van der Waals surface area contributed by atoms with Crippen molar-refractivity contribution in [3.8, 4) is 0 Å². The maximum absolute atomic E-state index is 12.7. The summed E-state index contributed by atoms with van der Waals surface area (Å²) in [5.74, 6) is 0. The summed E-state index contributed by atoms with van der Waals surface area (Å²) in [6.45, 7) is 1.89. The van der Waals surface area contributed by atoms with Gasteiger partial charge in [0.2, 0.25) is 0 Å². The van der Waals surface area contributed by atoms with E-state index in [9.17, 15) is 13.2 Å². The molecule has 0 aliphatic heterocycles. The normalized spacial score (nSPS) is 11.7. The van der Waals surface area contributed by atoms with Crippen LogP contribution in [0.3, 0.4) is 0 Å². The van der Waals surface area contributed by atoms with Crippen molar-refractivity contribution in [1.29, 1.82) is 0 Å². The molecule has 0 atom stereocenters. The molecule has 3 rings (SSSR count). The van der Waals surface area contributed by atoms with Gasteiger partial charge in [-0.15, -0.1) is 0 Å². The van der Waals surface area contributed by atoms with E-state index in [2.05, 4.69) is 0 Å². The minimum atomic E-state index is -3.71. The number of para-hydroxylation sites is 1. The van der Waals surface area contributed by atoms with Crippen molar-refractivity contribution < 1.29 is 13.2 Å². The van der Waals surface area contributed by atoms with Crippen LogP contribution >= 0.6 is 0 Å². The van der Waals surface area contributed by atoms with Crippen LogP contribution in [0.4, 0.5) is 0 Å². The summed E-state index contributed by atoms with van der Waals surface area (Å²) in [6.07, 6.45) is 2.15. The number of hydrogen-bond acceptors (Lipinski definition) is 3.